The van der Waals surface area contributed by atoms with Crippen molar-refractivity contribution in [2.75, 3.05) is 11.5 Å². The highest BCUT2D eigenvalue weighted by Crippen LogP contribution is 2.29. The first-order valence-corrected chi connectivity index (χ1v) is 5.08. The van der Waals surface area contributed by atoms with Crippen LogP contribution in [0.15, 0.2) is 15.7 Å². The fraction of sp³-hybridized carbons (Fsp3) is 0.429. The molecule has 5 nitrogen and oxygen atoms in total. The molecule has 0 saturated carbocycles. The van der Waals surface area contributed by atoms with E-state index >= 15 is 0 Å². The maximum Gasteiger partial charge on any atom is 0.441 e. The van der Waals surface area contributed by atoms with Gasteiger partial charge in [-0.25, -0.2) is 4.79 Å². The van der Waals surface area contributed by atoms with Gasteiger partial charge in [-0.2, -0.15) is 13.2 Å². The number of rotatable bonds is 3. The highest BCUT2D eigenvalue weighted by molar-refractivity contribution is 8.00. The number of halogens is 3. The van der Waals surface area contributed by atoms with E-state index in [0.717, 1.165) is 10.6 Å². The summed E-state index contributed by atoms with van der Waals surface area (Å²) in [5.74, 6) is -0.504. The minimum atomic E-state index is -4.35. The van der Waals surface area contributed by atoms with E-state index in [4.69, 9.17) is 5.73 Å². The number of aromatic nitrogens is 2. The number of nitrogens with one attached hydrogen (secondary N) is 1. The highest BCUT2D eigenvalue weighted by Gasteiger charge is 2.27. The van der Waals surface area contributed by atoms with Crippen molar-refractivity contribution in [2.45, 2.75) is 12.1 Å². The second-order valence-corrected chi connectivity index (χ2v) is 3.97. The lowest BCUT2D eigenvalue weighted by Crippen LogP contribution is -2.32. The molecule has 9 heteroatoms. The van der Waals surface area contributed by atoms with Gasteiger partial charge in [0.1, 0.15) is 5.82 Å². The number of alkyl halides is 3. The van der Waals surface area contributed by atoms with E-state index in [-0.39, 0.29) is 29.9 Å². The second kappa shape index (κ2) is 4.64. The number of nitrogen functional groups attached to an aromatic ring is 1. The summed E-state index contributed by atoms with van der Waals surface area (Å²) in [6, 6.07) is 0.944. The average molecular weight is 255 g/mol. The maximum atomic E-state index is 11.8. The van der Waals surface area contributed by atoms with Crippen LogP contribution in [0.3, 0.4) is 0 Å². The lowest BCUT2D eigenvalue weighted by atomic mass is 10.5. The number of aromatic amines is 1. The standard InChI is InChI=1S/C7H8F3N3O2S/c8-7(9,10)16-2-1-13-4(11)3-5(14)12-6(13)15/h3H,1-2,11H2,(H,12,14,15). The quantitative estimate of drug-likeness (QED) is 0.817. The number of anilines is 1. The van der Waals surface area contributed by atoms with Crippen molar-refractivity contribution >= 4 is 17.6 Å². The lowest BCUT2D eigenvalue weighted by molar-refractivity contribution is -0.0328. The molecule has 0 aliphatic carbocycles. The third-order valence-corrected chi connectivity index (χ3v) is 2.36. The van der Waals surface area contributed by atoms with Gasteiger partial charge >= 0.3 is 11.2 Å². The van der Waals surface area contributed by atoms with Crippen LogP contribution in [0.2, 0.25) is 0 Å². The molecule has 0 bridgehead atoms. The Hall–Kier alpha value is -1.38. The Morgan fingerprint density at radius 2 is 2.06 bits per heavy atom. The first-order chi connectivity index (χ1) is 7.29. The summed E-state index contributed by atoms with van der Waals surface area (Å²) in [4.78, 5) is 23.8. The van der Waals surface area contributed by atoms with Crippen LogP contribution in [0.25, 0.3) is 0 Å². The fourth-order valence-corrected chi connectivity index (χ4v) is 1.53. The summed E-state index contributed by atoms with van der Waals surface area (Å²) >= 11 is -0.257. The molecule has 0 atom stereocenters. The first kappa shape index (κ1) is 12.7. The van der Waals surface area contributed by atoms with Crippen LogP contribution in [0.5, 0.6) is 0 Å². The zero-order valence-corrected chi connectivity index (χ0v) is 8.69. The van der Waals surface area contributed by atoms with Gasteiger partial charge in [-0.1, -0.05) is 0 Å². The molecule has 0 aliphatic heterocycles. The van der Waals surface area contributed by atoms with Crippen LogP contribution in [-0.4, -0.2) is 20.8 Å². The van der Waals surface area contributed by atoms with Crippen LogP contribution in [0.1, 0.15) is 0 Å². The predicted molar refractivity (Wildman–Crippen MR) is 54.2 cm³/mol. The van der Waals surface area contributed by atoms with Gasteiger partial charge in [0.05, 0.1) is 0 Å². The molecule has 0 aromatic carbocycles. The predicted octanol–water partition coefficient (Wildman–Crippen LogP) is 0.372. The smallest absolute Gasteiger partial charge is 0.385 e. The molecule has 0 spiro atoms. The molecule has 0 fully saturated rings. The largest absolute Gasteiger partial charge is 0.441 e. The Morgan fingerprint density at radius 3 is 2.56 bits per heavy atom. The Balaban J connectivity index is 2.76. The zero-order valence-electron chi connectivity index (χ0n) is 7.87. The third-order valence-electron chi connectivity index (χ3n) is 1.65. The average Bonchev–Trinajstić information content (AvgIpc) is 2.07. The van der Waals surface area contributed by atoms with Crippen molar-refractivity contribution in [1.29, 1.82) is 0 Å². The number of hydrogen-bond donors (Lipinski definition) is 2. The molecule has 1 aromatic rings. The Bertz CT molecular complexity index is 479. The Labute approximate surface area is 91.5 Å². The van der Waals surface area contributed by atoms with E-state index in [1.807, 2.05) is 4.98 Å². The first-order valence-electron chi connectivity index (χ1n) is 4.10. The summed E-state index contributed by atoms with van der Waals surface area (Å²) in [5, 5.41) is 0. The topological polar surface area (TPSA) is 80.9 Å². The fourth-order valence-electron chi connectivity index (χ4n) is 1.02. The lowest BCUT2D eigenvalue weighted by Gasteiger charge is -2.09. The number of H-pyrrole nitrogens is 1. The van der Waals surface area contributed by atoms with Gasteiger partial charge in [-0.05, 0) is 11.8 Å². The summed E-state index contributed by atoms with van der Waals surface area (Å²) in [7, 11) is 0. The second-order valence-electron chi connectivity index (χ2n) is 2.81. The molecule has 0 saturated heterocycles. The molecule has 16 heavy (non-hydrogen) atoms. The third kappa shape index (κ3) is 3.65. The highest BCUT2D eigenvalue weighted by atomic mass is 32.2. The van der Waals surface area contributed by atoms with Crippen LogP contribution < -0.4 is 17.0 Å². The van der Waals surface area contributed by atoms with Gasteiger partial charge in [0.25, 0.3) is 5.56 Å². The number of thioether (sulfide) groups is 1. The van der Waals surface area contributed by atoms with E-state index < -0.39 is 16.8 Å². The Morgan fingerprint density at radius 1 is 1.44 bits per heavy atom. The molecule has 3 N–H and O–H groups in total. The van der Waals surface area contributed by atoms with Crippen LogP contribution in [0, 0.1) is 0 Å². The van der Waals surface area contributed by atoms with Gasteiger partial charge in [0, 0.05) is 18.4 Å². The molecular formula is C7H8F3N3O2S. The van der Waals surface area contributed by atoms with Crippen LogP contribution in [-0.2, 0) is 6.54 Å². The molecule has 0 amide bonds. The van der Waals surface area contributed by atoms with E-state index in [1.54, 1.807) is 0 Å². The van der Waals surface area contributed by atoms with Crippen molar-refractivity contribution in [3.05, 3.63) is 26.9 Å². The van der Waals surface area contributed by atoms with E-state index in [9.17, 15) is 22.8 Å². The van der Waals surface area contributed by atoms with Gasteiger partial charge < -0.3 is 5.73 Å². The van der Waals surface area contributed by atoms with E-state index in [2.05, 4.69) is 0 Å². The molecule has 0 aliphatic rings. The molecule has 1 aromatic heterocycles. The van der Waals surface area contributed by atoms with Crippen molar-refractivity contribution in [3.63, 3.8) is 0 Å². The molecule has 0 unspecified atom stereocenters. The summed E-state index contributed by atoms with van der Waals surface area (Å²) in [6.07, 6.45) is 0. The summed E-state index contributed by atoms with van der Waals surface area (Å²) in [6.45, 7) is -0.217. The monoisotopic (exact) mass is 255 g/mol. The van der Waals surface area contributed by atoms with Crippen molar-refractivity contribution in [2.24, 2.45) is 0 Å². The number of nitrogens with zero attached hydrogens (tertiary/aromatic N) is 1. The molecule has 1 rings (SSSR count). The van der Waals surface area contributed by atoms with Crippen molar-refractivity contribution in [1.82, 2.24) is 9.55 Å². The molecule has 1 heterocycles. The molecule has 0 radical (unpaired) electrons. The molecular weight excluding hydrogens is 247 g/mol. The van der Waals surface area contributed by atoms with Gasteiger partial charge in [0.15, 0.2) is 0 Å². The SMILES string of the molecule is Nc1cc(=O)[nH]c(=O)n1CCSC(F)(F)F. The van der Waals surface area contributed by atoms with Gasteiger partial charge in [-0.3, -0.25) is 14.3 Å². The Kier molecular flexibility index (Phi) is 3.68. The van der Waals surface area contributed by atoms with E-state index in [1.165, 1.54) is 0 Å². The zero-order chi connectivity index (χ0) is 12.3. The number of nitrogens with two attached hydrogens (primary N) is 1. The maximum absolute atomic E-state index is 11.8. The minimum Gasteiger partial charge on any atom is -0.385 e. The van der Waals surface area contributed by atoms with Crippen LogP contribution in [0.4, 0.5) is 19.0 Å². The van der Waals surface area contributed by atoms with Crippen LogP contribution >= 0.6 is 11.8 Å². The van der Waals surface area contributed by atoms with E-state index in [0.29, 0.717) is 0 Å². The minimum absolute atomic E-state index is 0.156. The summed E-state index contributed by atoms with van der Waals surface area (Å²) in [5.41, 5.74) is -0.513. The van der Waals surface area contributed by atoms with Gasteiger partial charge in [-0.15, -0.1) is 0 Å². The van der Waals surface area contributed by atoms with Crippen molar-refractivity contribution in [3.8, 4) is 0 Å². The summed E-state index contributed by atoms with van der Waals surface area (Å²) < 4.78 is 36.3. The molecule has 90 valence electrons. The number of hydrogen-bond acceptors (Lipinski definition) is 4. The van der Waals surface area contributed by atoms with Crippen molar-refractivity contribution < 1.29 is 13.2 Å². The van der Waals surface area contributed by atoms with Gasteiger partial charge in [0.2, 0.25) is 0 Å². The normalized spacial score (nSPS) is 11.7.